The average molecular weight is 245 g/mol. The zero-order chi connectivity index (χ0) is 13.5. The van der Waals surface area contributed by atoms with Gasteiger partial charge < -0.3 is 14.8 Å². The fourth-order valence-corrected chi connectivity index (χ4v) is 1.18. The van der Waals surface area contributed by atoms with Crippen LogP contribution < -0.4 is 5.32 Å². The molecule has 0 saturated carbocycles. The van der Waals surface area contributed by atoms with Gasteiger partial charge in [-0.25, -0.2) is 4.79 Å². The molecule has 0 bridgehead atoms. The summed E-state index contributed by atoms with van der Waals surface area (Å²) in [6, 6.07) is 0. The summed E-state index contributed by atoms with van der Waals surface area (Å²) in [5.41, 5.74) is -0.532. The lowest BCUT2D eigenvalue weighted by Gasteiger charge is -2.21. The van der Waals surface area contributed by atoms with Crippen molar-refractivity contribution >= 4 is 12.1 Å². The van der Waals surface area contributed by atoms with Gasteiger partial charge in [-0.05, 0) is 34.1 Å². The Hall–Kier alpha value is -1.26. The first-order valence-electron chi connectivity index (χ1n) is 5.93. The van der Waals surface area contributed by atoms with Gasteiger partial charge in [0.15, 0.2) is 0 Å². The molecule has 1 N–H and O–H groups in total. The number of esters is 1. The first-order valence-corrected chi connectivity index (χ1v) is 5.93. The van der Waals surface area contributed by atoms with Crippen LogP contribution in [0.3, 0.4) is 0 Å². The van der Waals surface area contributed by atoms with E-state index < -0.39 is 11.7 Å². The number of hydrogen-bond donors (Lipinski definition) is 1. The van der Waals surface area contributed by atoms with E-state index in [0.29, 0.717) is 13.0 Å². The summed E-state index contributed by atoms with van der Waals surface area (Å²) in [4.78, 5) is 22.8. The summed E-state index contributed by atoms with van der Waals surface area (Å²) in [7, 11) is 0. The molecule has 0 aliphatic heterocycles. The maximum atomic E-state index is 11.5. The number of alkyl carbamates (subject to hydrolysis) is 1. The molecule has 5 nitrogen and oxygen atoms in total. The molecule has 1 atom stereocenters. The molecule has 0 aliphatic carbocycles. The number of hydrogen-bond acceptors (Lipinski definition) is 4. The molecule has 0 heterocycles. The summed E-state index contributed by atoms with van der Waals surface area (Å²) >= 11 is 0. The van der Waals surface area contributed by atoms with Gasteiger partial charge in [0.05, 0.1) is 12.5 Å². The van der Waals surface area contributed by atoms with Crippen molar-refractivity contribution in [1.82, 2.24) is 5.32 Å². The second-order valence-electron chi connectivity index (χ2n) is 4.74. The molecule has 0 radical (unpaired) electrons. The smallest absolute Gasteiger partial charge is 0.407 e. The quantitative estimate of drug-likeness (QED) is 0.753. The van der Waals surface area contributed by atoms with E-state index in [1.54, 1.807) is 27.7 Å². The number of nitrogens with one attached hydrogen (secondary N) is 1. The van der Waals surface area contributed by atoms with Crippen molar-refractivity contribution in [2.75, 3.05) is 13.2 Å². The van der Waals surface area contributed by atoms with Crippen molar-refractivity contribution in [3.63, 3.8) is 0 Å². The van der Waals surface area contributed by atoms with Crippen LogP contribution in [0.2, 0.25) is 0 Å². The van der Waals surface area contributed by atoms with Crippen LogP contribution in [0, 0.1) is 5.92 Å². The minimum atomic E-state index is -0.532. The molecular weight excluding hydrogens is 222 g/mol. The molecule has 0 fully saturated rings. The molecule has 0 aliphatic rings. The van der Waals surface area contributed by atoms with E-state index in [1.807, 2.05) is 6.92 Å². The fourth-order valence-electron chi connectivity index (χ4n) is 1.18. The van der Waals surface area contributed by atoms with Crippen LogP contribution >= 0.6 is 0 Å². The summed E-state index contributed by atoms with van der Waals surface area (Å²) in [5.74, 6) is -0.603. The van der Waals surface area contributed by atoms with Gasteiger partial charge in [0.2, 0.25) is 0 Å². The molecule has 100 valence electrons. The third-order valence-electron chi connectivity index (χ3n) is 2.00. The minimum absolute atomic E-state index is 0.240. The molecule has 0 aromatic rings. The number of carbonyl (C=O) groups excluding carboxylic acids is 2. The Balaban J connectivity index is 4.07. The lowest BCUT2D eigenvalue weighted by Crippen LogP contribution is -2.37. The molecule has 0 spiro atoms. The third kappa shape index (κ3) is 7.60. The average Bonchev–Trinajstić information content (AvgIpc) is 2.16. The largest absolute Gasteiger partial charge is 0.466 e. The third-order valence-corrected chi connectivity index (χ3v) is 2.00. The van der Waals surface area contributed by atoms with E-state index >= 15 is 0 Å². The fraction of sp³-hybridized carbons (Fsp3) is 0.833. The van der Waals surface area contributed by atoms with E-state index in [9.17, 15) is 9.59 Å². The predicted molar refractivity (Wildman–Crippen MR) is 64.7 cm³/mol. The van der Waals surface area contributed by atoms with Crippen molar-refractivity contribution in [3.05, 3.63) is 0 Å². The summed E-state index contributed by atoms with van der Waals surface area (Å²) < 4.78 is 9.97. The zero-order valence-corrected chi connectivity index (χ0v) is 11.3. The van der Waals surface area contributed by atoms with Gasteiger partial charge in [0.1, 0.15) is 5.60 Å². The standard InChI is InChI=1S/C12H23NO4/c1-6-9(10(14)16-7-2)8-13-11(15)17-12(3,4)5/h9H,6-8H2,1-5H3,(H,13,15)/t9-/m1/s1. The number of ether oxygens (including phenoxy) is 2. The molecule has 0 aromatic carbocycles. The Morgan fingerprint density at radius 1 is 1.24 bits per heavy atom. The predicted octanol–water partition coefficient (Wildman–Crippen LogP) is 2.10. The zero-order valence-electron chi connectivity index (χ0n) is 11.3. The topological polar surface area (TPSA) is 64.6 Å². The lowest BCUT2D eigenvalue weighted by atomic mass is 10.1. The first-order chi connectivity index (χ1) is 7.80. The van der Waals surface area contributed by atoms with Crippen molar-refractivity contribution in [1.29, 1.82) is 0 Å². The molecule has 0 rings (SSSR count). The van der Waals surface area contributed by atoms with Crippen molar-refractivity contribution in [2.24, 2.45) is 5.92 Å². The molecule has 17 heavy (non-hydrogen) atoms. The molecule has 0 unspecified atom stereocenters. The Bertz CT molecular complexity index is 258. The van der Waals surface area contributed by atoms with Crippen molar-refractivity contribution in [2.45, 2.75) is 46.6 Å². The molecule has 5 heteroatoms. The van der Waals surface area contributed by atoms with Gasteiger partial charge in [-0.2, -0.15) is 0 Å². The van der Waals surface area contributed by atoms with E-state index in [1.165, 1.54) is 0 Å². The molecular formula is C12H23NO4. The Kier molecular flexibility index (Phi) is 6.61. The van der Waals surface area contributed by atoms with E-state index in [4.69, 9.17) is 9.47 Å². The summed E-state index contributed by atoms with van der Waals surface area (Å²) in [6.07, 6.45) is 0.106. The normalized spacial score (nSPS) is 12.8. The van der Waals surface area contributed by atoms with Crippen LogP contribution in [0.15, 0.2) is 0 Å². The van der Waals surface area contributed by atoms with Gasteiger partial charge in [-0.15, -0.1) is 0 Å². The van der Waals surface area contributed by atoms with Gasteiger partial charge in [-0.1, -0.05) is 6.92 Å². The highest BCUT2D eigenvalue weighted by Gasteiger charge is 2.21. The SMILES string of the molecule is CCOC(=O)[C@H](CC)CNC(=O)OC(C)(C)C. The maximum Gasteiger partial charge on any atom is 0.407 e. The lowest BCUT2D eigenvalue weighted by molar-refractivity contribution is -0.147. The van der Waals surface area contributed by atoms with E-state index in [-0.39, 0.29) is 18.4 Å². The highest BCUT2D eigenvalue weighted by atomic mass is 16.6. The molecule has 0 aromatic heterocycles. The van der Waals surface area contributed by atoms with Gasteiger partial charge in [0, 0.05) is 6.54 Å². The molecule has 0 saturated heterocycles. The van der Waals surface area contributed by atoms with Gasteiger partial charge in [-0.3, -0.25) is 4.79 Å². The number of rotatable bonds is 5. The second-order valence-corrected chi connectivity index (χ2v) is 4.74. The van der Waals surface area contributed by atoms with Gasteiger partial charge in [0.25, 0.3) is 0 Å². The monoisotopic (exact) mass is 245 g/mol. The van der Waals surface area contributed by atoms with E-state index in [2.05, 4.69) is 5.32 Å². The number of amides is 1. The van der Waals surface area contributed by atoms with Crippen LogP contribution in [0.25, 0.3) is 0 Å². The van der Waals surface area contributed by atoms with Crippen LogP contribution in [0.5, 0.6) is 0 Å². The van der Waals surface area contributed by atoms with Crippen molar-refractivity contribution < 1.29 is 19.1 Å². The van der Waals surface area contributed by atoms with Crippen LogP contribution in [0.1, 0.15) is 41.0 Å². The second kappa shape index (κ2) is 7.14. The number of carbonyl (C=O) groups is 2. The summed E-state index contributed by atoms with van der Waals surface area (Å²) in [5, 5.41) is 2.57. The molecule has 1 amide bonds. The minimum Gasteiger partial charge on any atom is -0.466 e. The summed E-state index contributed by atoms with van der Waals surface area (Å²) in [6.45, 7) is 9.58. The first kappa shape index (κ1) is 15.7. The highest BCUT2D eigenvalue weighted by Crippen LogP contribution is 2.08. The van der Waals surface area contributed by atoms with Crippen LogP contribution in [0.4, 0.5) is 4.79 Å². The van der Waals surface area contributed by atoms with Crippen molar-refractivity contribution in [3.8, 4) is 0 Å². The van der Waals surface area contributed by atoms with Crippen LogP contribution in [-0.2, 0) is 14.3 Å². The van der Waals surface area contributed by atoms with Gasteiger partial charge >= 0.3 is 12.1 Å². The van der Waals surface area contributed by atoms with E-state index in [0.717, 1.165) is 0 Å². The highest BCUT2D eigenvalue weighted by molar-refractivity contribution is 5.74. The Morgan fingerprint density at radius 3 is 2.24 bits per heavy atom. The Labute approximate surface area is 103 Å². The van der Waals surface area contributed by atoms with Crippen LogP contribution in [-0.4, -0.2) is 30.8 Å². The Morgan fingerprint density at radius 2 is 1.82 bits per heavy atom. The maximum absolute atomic E-state index is 11.5.